The van der Waals surface area contributed by atoms with Gasteiger partial charge in [0, 0.05) is 27.9 Å². The lowest BCUT2D eigenvalue weighted by atomic mass is 10.1. The first kappa shape index (κ1) is 15.1. The van der Waals surface area contributed by atoms with Crippen LogP contribution < -0.4 is 10.9 Å². The van der Waals surface area contributed by atoms with Gasteiger partial charge in [0.05, 0.1) is 0 Å². The standard InChI is InChI=1S/C18H13ClN2O2/c19-14-5-3-6-15(11-14)20-17(22)9-8-13-10-12-4-1-2-7-16(12)21-18(13)23/h1-11H,(H,20,22)(H,21,23)/b9-8+. The van der Waals surface area contributed by atoms with Crippen molar-refractivity contribution in [2.24, 2.45) is 0 Å². The number of para-hydroxylation sites is 1. The molecule has 0 fully saturated rings. The van der Waals surface area contributed by atoms with Crippen LogP contribution in [0.15, 0.2) is 65.5 Å². The molecule has 0 aliphatic rings. The molecule has 2 N–H and O–H groups in total. The Balaban J connectivity index is 1.81. The van der Waals surface area contributed by atoms with Crippen molar-refractivity contribution in [1.29, 1.82) is 0 Å². The predicted molar refractivity (Wildman–Crippen MR) is 93.7 cm³/mol. The van der Waals surface area contributed by atoms with E-state index in [1.165, 1.54) is 12.2 Å². The van der Waals surface area contributed by atoms with Gasteiger partial charge in [-0.1, -0.05) is 35.9 Å². The summed E-state index contributed by atoms with van der Waals surface area (Å²) in [7, 11) is 0. The van der Waals surface area contributed by atoms with Crippen molar-refractivity contribution in [3.05, 3.63) is 81.6 Å². The number of nitrogens with one attached hydrogen (secondary N) is 2. The van der Waals surface area contributed by atoms with Gasteiger partial charge in [-0.2, -0.15) is 0 Å². The van der Waals surface area contributed by atoms with E-state index in [1.54, 1.807) is 30.3 Å². The van der Waals surface area contributed by atoms with Crippen LogP contribution in [-0.2, 0) is 4.79 Å². The van der Waals surface area contributed by atoms with Crippen molar-refractivity contribution >= 4 is 40.2 Å². The molecule has 3 aromatic rings. The molecule has 0 saturated heterocycles. The fourth-order valence-corrected chi connectivity index (χ4v) is 2.39. The minimum absolute atomic E-state index is 0.240. The Morgan fingerprint density at radius 3 is 2.74 bits per heavy atom. The Morgan fingerprint density at radius 1 is 1.09 bits per heavy atom. The molecule has 1 aromatic heterocycles. The van der Waals surface area contributed by atoms with Gasteiger partial charge in [-0.25, -0.2) is 0 Å². The van der Waals surface area contributed by atoms with Crippen LogP contribution in [0.4, 0.5) is 5.69 Å². The SMILES string of the molecule is O=C(/C=C/c1cc2ccccc2[nH]c1=O)Nc1cccc(Cl)c1. The summed E-state index contributed by atoms with van der Waals surface area (Å²) >= 11 is 5.86. The molecule has 0 aliphatic carbocycles. The third-order valence-electron chi connectivity index (χ3n) is 3.29. The summed E-state index contributed by atoms with van der Waals surface area (Å²) in [4.78, 5) is 26.7. The van der Waals surface area contributed by atoms with E-state index in [1.807, 2.05) is 24.3 Å². The molecule has 0 aliphatic heterocycles. The van der Waals surface area contributed by atoms with E-state index in [9.17, 15) is 9.59 Å². The topological polar surface area (TPSA) is 62.0 Å². The molecule has 23 heavy (non-hydrogen) atoms. The van der Waals surface area contributed by atoms with E-state index in [-0.39, 0.29) is 11.5 Å². The Labute approximate surface area is 137 Å². The zero-order valence-corrected chi connectivity index (χ0v) is 12.8. The summed E-state index contributed by atoms with van der Waals surface area (Å²) in [6.07, 6.45) is 2.81. The number of aromatic amines is 1. The maximum Gasteiger partial charge on any atom is 0.255 e. The van der Waals surface area contributed by atoms with E-state index in [4.69, 9.17) is 11.6 Å². The van der Waals surface area contributed by atoms with Crippen molar-refractivity contribution in [3.63, 3.8) is 0 Å². The van der Waals surface area contributed by atoms with Gasteiger partial charge in [-0.05, 0) is 41.8 Å². The number of pyridine rings is 1. The van der Waals surface area contributed by atoms with Crippen molar-refractivity contribution < 1.29 is 4.79 Å². The van der Waals surface area contributed by atoms with E-state index in [0.29, 0.717) is 16.3 Å². The molecule has 0 spiro atoms. The number of amides is 1. The van der Waals surface area contributed by atoms with Crippen LogP contribution in [-0.4, -0.2) is 10.9 Å². The fraction of sp³-hybridized carbons (Fsp3) is 0. The molecule has 2 aromatic carbocycles. The van der Waals surface area contributed by atoms with E-state index in [0.717, 1.165) is 10.9 Å². The quantitative estimate of drug-likeness (QED) is 0.719. The monoisotopic (exact) mass is 324 g/mol. The average molecular weight is 325 g/mol. The van der Waals surface area contributed by atoms with Crippen LogP contribution in [0.25, 0.3) is 17.0 Å². The molecule has 0 atom stereocenters. The first-order valence-electron chi connectivity index (χ1n) is 6.98. The van der Waals surface area contributed by atoms with Crippen LogP contribution in [0, 0.1) is 0 Å². The number of hydrogen-bond acceptors (Lipinski definition) is 2. The summed E-state index contributed by atoms with van der Waals surface area (Å²) in [6.45, 7) is 0. The van der Waals surface area contributed by atoms with E-state index < -0.39 is 0 Å². The molecule has 3 rings (SSSR count). The number of rotatable bonds is 3. The lowest BCUT2D eigenvalue weighted by Gasteiger charge is -2.02. The summed E-state index contributed by atoms with van der Waals surface area (Å²) < 4.78 is 0. The Hall–Kier alpha value is -2.85. The first-order valence-corrected chi connectivity index (χ1v) is 7.36. The number of H-pyrrole nitrogens is 1. The second-order valence-corrected chi connectivity index (χ2v) is 5.41. The Kier molecular flexibility index (Phi) is 4.26. The Morgan fingerprint density at radius 2 is 1.91 bits per heavy atom. The van der Waals surface area contributed by atoms with Crippen molar-refractivity contribution in [3.8, 4) is 0 Å². The number of benzene rings is 2. The zero-order valence-electron chi connectivity index (χ0n) is 12.0. The largest absolute Gasteiger partial charge is 0.322 e. The number of aromatic nitrogens is 1. The number of carbonyl (C=O) groups excluding carboxylic acids is 1. The predicted octanol–water partition coefficient (Wildman–Crippen LogP) is 3.83. The maximum absolute atomic E-state index is 12.0. The lowest BCUT2D eigenvalue weighted by molar-refractivity contribution is -0.111. The third-order valence-corrected chi connectivity index (χ3v) is 3.52. The first-order chi connectivity index (χ1) is 11.1. The number of halogens is 1. The second-order valence-electron chi connectivity index (χ2n) is 4.97. The highest BCUT2D eigenvalue weighted by molar-refractivity contribution is 6.30. The van der Waals surface area contributed by atoms with Gasteiger partial charge in [0.1, 0.15) is 0 Å². The number of anilines is 1. The third kappa shape index (κ3) is 3.67. The highest BCUT2D eigenvalue weighted by atomic mass is 35.5. The molecule has 0 radical (unpaired) electrons. The van der Waals surface area contributed by atoms with Gasteiger partial charge in [0.25, 0.3) is 5.56 Å². The fourth-order valence-electron chi connectivity index (χ4n) is 2.20. The highest BCUT2D eigenvalue weighted by Crippen LogP contribution is 2.15. The molecule has 0 bridgehead atoms. The summed E-state index contributed by atoms with van der Waals surface area (Å²) in [6, 6.07) is 16.1. The number of carbonyl (C=O) groups is 1. The normalized spacial score (nSPS) is 11.0. The smallest absolute Gasteiger partial charge is 0.255 e. The zero-order chi connectivity index (χ0) is 16.2. The van der Waals surface area contributed by atoms with E-state index >= 15 is 0 Å². The molecule has 4 nitrogen and oxygen atoms in total. The average Bonchev–Trinajstić information content (AvgIpc) is 2.53. The molecular weight excluding hydrogens is 312 g/mol. The Bertz CT molecular complexity index is 960. The minimum Gasteiger partial charge on any atom is -0.322 e. The number of hydrogen-bond donors (Lipinski definition) is 2. The van der Waals surface area contributed by atoms with Gasteiger partial charge in [-0.3, -0.25) is 9.59 Å². The molecule has 1 amide bonds. The lowest BCUT2D eigenvalue weighted by Crippen LogP contribution is -2.11. The summed E-state index contributed by atoms with van der Waals surface area (Å²) in [5.41, 5.74) is 1.54. The molecule has 5 heteroatoms. The van der Waals surface area contributed by atoms with Crippen LogP contribution in [0.3, 0.4) is 0 Å². The van der Waals surface area contributed by atoms with Crippen molar-refractivity contribution in [1.82, 2.24) is 4.98 Å². The van der Waals surface area contributed by atoms with Crippen molar-refractivity contribution in [2.75, 3.05) is 5.32 Å². The molecular formula is C18H13ClN2O2. The van der Waals surface area contributed by atoms with Gasteiger partial charge < -0.3 is 10.3 Å². The van der Waals surface area contributed by atoms with Gasteiger partial charge in [-0.15, -0.1) is 0 Å². The highest BCUT2D eigenvalue weighted by Gasteiger charge is 2.02. The van der Waals surface area contributed by atoms with Gasteiger partial charge in [0.15, 0.2) is 0 Å². The summed E-state index contributed by atoms with van der Waals surface area (Å²) in [5.74, 6) is -0.333. The second kappa shape index (κ2) is 6.50. The van der Waals surface area contributed by atoms with Crippen molar-refractivity contribution in [2.45, 2.75) is 0 Å². The van der Waals surface area contributed by atoms with Gasteiger partial charge in [0.2, 0.25) is 5.91 Å². The summed E-state index contributed by atoms with van der Waals surface area (Å²) in [5, 5.41) is 4.13. The van der Waals surface area contributed by atoms with Crippen LogP contribution in [0.1, 0.15) is 5.56 Å². The molecule has 0 saturated carbocycles. The van der Waals surface area contributed by atoms with Crippen LogP contribution >= 0.6 is 11.6 Å². The molecule has 114 valence electrons. The number of fused-ring (bicyclic) bond motifs is 1. The van der Waals surface area contributed by atoms with Gasteiger partial charge >= 0.3 is 0 Å². The molecule has 0 unspecified atom stereocenters. The van der Waals surface area contributed by atoms with E-state index in [2.05, 4.69) is 10.3 Å². The maximum atomic E-state index is 12.0. The molecule has 1 heterocycles. The minimum atomic E-state index is -0.333. The van der Waals surface area contributed by atoms with Crippen LogP contribution in [0.5, 0.6) is 0 Å². The van der Waals surface area contributed by atoms with Crippen LogP contribution in [0.2, 0.25) is 5.02 Å².